The highest BCUT2D eigenvalue weighted by Gasteiger charge is 2.16. The average Bonchev–Trinajstić information content (AvgIpc) is 2.66. The number of likely N-dealkylation sites (N-methyl/N-ethyl adjacent to an activating group) is 1. The number of rotatable bonds is 3. The summed E-state index contributed by atoms with van der Waals surface area (Å²) in [4.78, 5) is 4.67. The van der Waals surface area contributed by atoms with E-state index in [2.05, 4.69) is 52.3 Å². The van der Waals surface area contributed by atoms with Gasteiger partial charge in [0, 0.05) is 38.3 Å². The molecule has 0 saturated carbocycles. The third-order valence-electron chi connectivity index (χ3n) is 2.84. The van der Waals surface area contributed by atoms with Crippen LogP contribution in [0.5, 0.6) is 0 Å². The molecule has 16 heavy (non-hydrogen) atoms. The summed E-state index contributed by atoms with van der Waals surface area (Å²) in [6, 6.07) is 2.52. The maximum Gasteiger partial charge on any atom is 0.152 e. The van der Waals surface area contributed by atoms with Gasteiger partial charge in [0.15, 0.2) is 5.82 Å². The van der Waals surface area contributed by atoms with Crippen molar-refractivity contribution in [3.05, 3.63) is 6.07 Å². The Morgan fingerprint density at radius 2 is 2.00 bits per heavy atom. The normalized spacial score (nSPS) is 18.1. The van der Waals surface area contributed by atoms with Crippen molar-refractivity contribution in [1.29, 1.82) is 0 Å². The second-order valence-electron chi connectivity index (χ2n) is 4.73. The van der Waals surface area contributed by atoms with E-state index in [0.717, 1.165) is 37.8 Å². The highest BCUT2D eigenvalue weighted by molar-refractivity contribution is 5.50. The van der Waals surface area contributed by atoms with Gasteiger partial charge in [0.05, 0.1) is 0 Å². The Morgan fingerprint density at radius 1 is 1.31 bits per heavy atom. The largest absolute Gasteiger partial charge is 0.368 e. The van der Waals surface area contributed by atoms with Crippen LogP contribution in [0.1, 0.15) is 13.8 Å². The van der Waals surface area contributed by atoms with Crippen LogP contribution in [0.4, 0.5) is 11.6 Å². The highest BCUT2D eigenvalue weighted by Crippen LogP contribution is 2.17. The van der Waals surface area contributed by atoms with E-state index in [1.807, 2.05) is 0 Å². The number of H-pyrrole nitrogens is 1. The van der Waals surface area contributed by atoms with E-state index < -0.39 is 0 Å². The van der Waals surface area contributed by atoms with Crippen LogP contribution in [0.25, 0.3) is 0 Å². The number of aromatic amines is 1. The summed E-state index contributed by atoms with van der Waals surface area (Å²) in [7, 11) is 2.16. The molecule has 5 heteroatoms. The number of piperazine rings is 1. The van der Waals surface area contributed by atoms with Gasteiger partial charge in [-0.25, -0.2) is 0 Å². The van der Waals surface area contributed by atoms with Crippen LogP contribution >= 0.6 is 0 Å². The zero-order valence-electron chi connectivity index (χ0n) is 10.3. The molecule has 0 atom stereocenters. The van der Waals surface area contributed by atoms with Crippen LogP contribution in [0.3, 0.4) is 0 Å². The summed E-state index contributed by atoms with van der Waals surface area (Å²) in [5.74, 6) is 2.06. The minimum Gasteiger partial charge on any atom is -0.368 e. The van der Waals surface area contributed by atoms with Gasteiger partial charge in [-0.1, -0.05) is 0 Å². The Hall–Kier alpha value is -1.23. The molecule has 2 rings (SSSR count). The molecule has 0 spiro atoms. The second-order valence-corrected chi connectivity index (χ2v) is 4.73. The monoisotopic (exact) mass is 223 g/mol. The molecular weight excluding hydrogens is 202 g/mol. The number of nitrogens with one attached hydrogen (secondary N) is 2. The molecule has 1 aromatic rings. The average molecular weight is 223 g/mol. The van der Waals surface area contributed by atoms with Crippen molar-refractivity contribution in [2.75, 3.05) is 43.4 Å². The van der Waals surface area contributed by atoms with Gasteiger partial charge in [-0.3, -0.25) is 5.10 Å². The summed E-state index contributed by atoms with van der Waals surface area (Å²) in [5.41, 5.74) is 0. The topological polar surface area (TPSA) is 47.2 Å². The Kier molecular flexibility index (Phi) is 3.33. The molecular formula is C11H21N5. The van der Waals surface area contributed by atoms with E-state index in [1.165, 1.54) is 0 Å². The fourth-order valence-electron chi connectivity index (χ4n) is 1.89. The molecule has 1 fully saturated rings. The van der Waals surface area contributed by atoms with E-state index in [9.17, 15) is 0 Å². The van der Waals surface area contributed by atoms with Gasteiger partial charge in [0.25, 0.3) is 0 Å². The van der Waals surface area contributed by atoms with Gasteiger partial charge < -0.3 is 15.1 Å². The Labute approximate surface area is 96.8 Å². The molecule has 0 radical (unpaired) electrons. The quantitative estimate of drug-likeness (QED) is 0.802. The van der Waals surface area contributed by atoms with Crippen LogP contribution in [0.2, 0.25) is 0 Å². The molecule has 1 aromatic heterocycles. The van der Waals surface area contributed by atoms with Gasteiger partial charge in [0.1, 0.15) is 5.82 Å². The fourth-order valence-corrected chi connectivity index (χ4v) is 1.89. The zero-order chi connectivity index (χ0) is 11.5. The van der Waals surface area contributed by atoms with Crippen molar-refractivity contribution >= 4 is 11.6 Å². The third-order valence-corrected chi connectivity index (χ3v) is 2.84. The maximum atomic E-state index is 4.34. The minimum atomic E-state index is 0.431. The molecule has 2 N–H and O–H groups in total. The van der Waals surface area contributed by atoms with Crippen molar-refractivity contribution in [2.45, 2.75) is 19.9 Å². The lowest BCUT2D eigenvalue weighted by atomic mass is 10.3. The number of anilines is 2. The van der Waals surface area contributed by atoms with Gasteiger partial charge >= 0.3 is 0 Å². The van der Waals surface area contributed by atoms with E-state index in [1.54, 1.807) is 0 Å². The number of hydrogen-bond donors (Lipinski definition) is 2. The van der Waals surface area contributed by atoms with E-state index in [0.29, 0.717) is 6.04 Å². The number of aromatic nitrogens is 2. The summed E-state index contributed by atoms with van der Waals surface area (Å²) >= 11 is 0. The number of hydrogen-bond acceptors (Lipinski definition) is 4. The van der Waals surface area contributed by atoms with E-state index in [4.69, 9.17) is 0 Å². The molecule has 1 aliphatic heterocycles. The van der Waals surface area contributed by atoms with Crippen molar-refractivity contribution < 1.29 is 0 Å². The summed E-state index contributed by atoms with van der Waals surface area (Å²) in [6.45, 7) is 8.58. The highest BCUT2D eigenvalue weighted by atomic mass is 15.3. The lowest BCUT2D eigenvalue weighted by Gasteiger charge is -2.32. The SMILES string of the molecule is CC(C)Nc1cc(N2CCN(C)CC2)n[nH]1. The molecule has 0 aromatic carbocycles. The first-order valence-corrected chi connectivity index (χ1v) is 5.90. The molecule has 90 valence electrons. The minimum absolute atomic E-state index is 0.431. The molecule has 1 aliphatic rings. The molecule has 1 saturated heterocycles. The molecule has 0 unspecified atom stereocenters. The van der Waals surface area contributed by atoms with Crippen molar-refractivity contribution in [2.24, 2.45) is 0 Å². The van der Waals surface area contributed by atoms with Crippen LogP contribution < -0.4 is 10.2 Å². The van der Waals surface area contributed by atoms with Crippen LogP contribution in [-0.2, 0) is 0 Å². The van der Waals surface area contributed by atoms with Crippen molar-refractivity contribution in [1.82, 2.24) is 15.1 Å². The fraction of sp³-hybridized carbons (Fsp3) is 0.727. The first kappa shape index (κ1) is 11.3. The van der Waals surface area contributed by atoms with Gasteiger partial charge in [-0.2, -0.15) is 5.10 Å². The van der Waals surface area contributed by atoms with E-state index >= 15 is 0 Å². The van der Waals surface area contributed by atoms with E-state index in [-0.39, 0.29) is 0 Å². The first-order chi connectivity index (χ1) is 7.65. The third kappa shape index (κ3) is 2.66. The molecule has 2 heterocycles. The summed E-state index contributed by atoms with van der Waals surface area (Å²) in [6.07, 6.45) is 0. The lowest BCUT2D eigenvalue weighted by Crippen LogP contribution is -2.44. The second kappa shape index (κ2) is 4.74. The predicted molar refractivity (Wildman–Crippen MR) is 67.1 cm³/mol. The van der Waals surface area contributed by atoms with Crippen LogP contribution in [-0.4, -0.2) is 54.4 Å². The molecule has 0 bridgehead atoms. The van der Waals surface area contributed by atoms with Crippen molar-refractivity contribution in [3.63, 3.8) is 0 Å². The standard InChI is InChI=1S/C11H21N5/c1-9(2)12-10-8-11(14-13-10)16-6-4-15(3)5-7-16/h8-9H,4-7H2,1-3H3,(H2,12,13,14). The Balaban J connectivity index is 1.96. The number of nitrogens with zero attached hydrogens (tertiary/aromatic N) is 3. The first-order valence-electron chi connectivity index (χ1n) is 5.90. The summed E-state index contributed by atoms with van der Waals surface area (Å²) in [5, 5.41) is 10.7. The maximum absolute atomic E-state index is 4.34. The van der Waals surface area contributed by atoms with Crippen LogP contribution in [0.15, 0.2) is 6.07 Å². The molecule has 0 aliphatic carbocycles. The Morgan fingerprint density at radius 3 is 2.62 bits per heavy atom. The Bertz CT molecular complexity index is 325. The van der Waals surface area contributed by atoms with Crippen LogP contribution in [0, 0.1) is 0 Å². The van der Waals surface area contributed by atoms with Crippen molar-refractivity contribution in [3.8, 4) is 0 Å². The lowest BCUT2D eigenvalue weighted by molar-refractivity contribution is 0.312. The van der Waals surface area contributed by atoms with Gasteiger partial charge in [-0.15, -0.1) is 0 Å². The van der Waals surface area contributed by atoms with Gasteiger partial charge in [0.2, 0.25) is 0 Å². The van der Waals surface area contributed by atoms with Gasteiger partial charge in [-0.05, 0) is 20.9 Å². The smallest absolute Gasteiger partial charge is 0.152 e. The molecule has 0 amide bonds. The zero-order valence-corrected chi connectivity index (χ0v) is 10.3. The molecule has 5 nitrogen and oxygen atoms in total. The predicted octanol–water partition coefficient (Wildman–Crippen LogP) is 0.982. The summed E-state index contributed by atoms with van der Waals surface area (Å²) < 4.78 is 0.